The van der Waals surface area contributed by atoms with Crippen LogP contribution in [-0.2, 0) is 20.2 Å². The fourth-order valence-electron chi connectivity index (χ4n) is 5.36. The summed E-state index contributed by atoms with van der Waals surface area (Å²) >= 11 is 0. The van der Waals surface area contributed by atoms with Crippen LogP contribution in [0.25, 0.3) is 0 Å². The van der Waals surface area contributed by atoms with Crippen LogP contribution in [0.4, 0.5) is 0 Å². The highest BCUT2D eigenvalue weighted by Gasteiger charge is 2.36. The average Bonchev–Trinajstić information content (AvgIpc) is 2.72. The van der Waals surface area contributed by atoms with Crippen molar-refractivity contribution in [2.24, 2.45) is 4.76 Å². The molecule has 4 heteroatoms. The summed E-state index contributed by atoms with van der Waals surface area (Å²) in [7, 11) is -1.57. The second-order valence-corrected chi connectivity index (χ2v) is 11.7. The Morgan fingerprint density at radius 3 is 0.909 bits per heavy atom. The first-order valence-electron chi connectivity index (χ1n) is 11.8. The van der Waals surface area contributed by atoms with Crippen molar-refractivity contribution in [1.29, 1.82) is 0 Å². The van der Waals surface area contributed by atoms with Crippen LogP contribution in [0.15, 0.2) is 4.76 Å². The Kier molecular flexibility index (Phi) is 8.06. The summed E-state index contributed by atoms with van der Waals surface area (Å²) in [4.78, 5) is 0. The normalized spacial score (nSPS) is 12.6. The van der Waals surface area contributed by atoms with E-state index in [0.717, 1.165) is 0 Å². The van der Waals surface area contributed by atoms with Crippen LogP contribution in [-0.4, -0.2) is 6.72 Å². The monoisotopic (exact) mass is 469 g/mol. The van der Waals surface area contributed by atoms with Crippen molar-refractivity contribution in [1.82, 2.24) is 0 Å². The van der Waals surface area contributed by atoms with Gasteiger partial charge in [-0.25, -0.2) is 4.76 Å². The van der Waals surface area contributed by atoms with E-state index in [4.69, 9.17) is 9.05 Å². The van der Waals surface area contributed by atoms with Gasteiger partial charge < -0.3 is 9.05 Å². The molecule has 2 aromatic carbocycles. The van der Waals surface area contributed by atoms with E-state index in [1.165, 1.54) is 66.8 Å². The number of rotatable bonds is 7. The summed E-state index contributed by atoms with van der Waals surface area (Å²) in [6, 6.07) is 0. The summed E-state index contributed by atoms with van der Waals surface area (Å²) in [5.74, 6) is 0. The topological polar surface area (TPSA) is 30.8 Å². The molecule has 0 radical (unpaired) electrons. The lowest BCUT2D eigenvalue weighted by atomic mass is 9.82. The number of nitrogens with zero attached hydrogens (tertiary/aromatic N) is 1. The molecule has 0 bridgehead atoms. The van der Waals surface area contributed by atoms with Gasteiger partial charge in [-0.2, -0.15) is 0 Å². The lowest BCUT2D eigenvalue weighted by Crippen LogP contribution is -2.27. The minimum Gasteiger partial charge on any atom is -0.305 e. The van der Waals surface area contributed by atoms with Crippen molar-refractivity contribution in [3.8, 4) is 0 Å². The van der Waals surface area contributed by atoms with Gasteiger partial charge in [0.05, 0.1) is 11.2 Å². The fraction of sp³-hybridized carbons (Fsp3) is 0.552. The molecule has 2 aromatic rings. The van der Waals surface area contributed by atoms with Crippen LogP contribution in [0.3, 0.4) is 0 Å². The molecule has 0 N–H and O–H groups in total. The van der Waals surface area contributed by atoms with Gasteiger partial charge in [0.2, 0.25) is 0 Å². The maximum Gasteiger partial charge on any atom is 0.311 e. The van der Waals surface area contributed by atoms with E-state index in [-0.39, 0.29) is 0 Å². The third-order valence-electron chi connectivity index (χ3n) is 7.93. The van der Waals surface area contributed by atoms with Gasteiger partial charge in [0, 0.05) is 0 Å². The number of hydrogen-bond donors (Lipinski definition) is 0. The molecular weight excluding hydrogens is 425 g/mol. The number of hydrogen-bond acceptors (Lipinski definition) is 3. The van der Waals surface area contributed by atoms with E-state index < -0.39 is 19.7 Å². The third-order valence-corrected chi connectivity index (χ3v) is 9.39. The quantitative estimate of drug-likeness (QED) is 0.299. The molecule has 0 aliphatic heterocycles. The largest absolute Gasteiger partial charge is 0.311 e. The Hall–Kier alpha value is -1.54. The summed E-state index contributed by atoms with van der Waals surface area (Å²) in [6.45, 7) is 34.2. The van der Waals surface area contributed by atoms with Crippen LogP contribution >= 0.6 is 8.53 Å². The molecule has 0 amide bonds. The molecule has 0 aliphatic carbocycles. The van der Waals surface area contributed by atoms with E-state index in [2.05, 4.69) is 108 Å². The summed E-state index contributed by atoms with van der Waals surface area (Å²) in [5, 5.41) is 0. The Labute approximate surface area is 204 Å². The molecule has 0 atom stereocenters. The minimum atomic E-state index is -1.57. The van der Waals surface area contributed by atoms with Crippen molar-refractivity contribution >= 4 is 15.2 Å². The lowest BCUT2D eigenvalue weighted by molar-refractivity contribution is 0.0501. The van der Waals surface area contributed by atoms with Crippen LogP contribution in [0.5, 0.6) is 0 Å². The fourth-order valence-corrected chi connectivity index (χ4v) is 6.48. The smallest absolute Gasteiger partial charge is 0.305 e. The van der Waals surface area contributed by atoms with Gasteiger partial charge in [-0.3, -0.25) is 0 Å². The predicted molar refractivity (Wildman–Crippen MR) is 145 cm³/mol. The van der Waals surface area contributed by atoms with Gasteiger partial charge in [-0.1, -0.05) is 0 Å². The number of benzene rings is 2. The van der Waals surface area contributed by atoms with E-state index in [9.17, 15) is 0 Å². The molecular formula is C29H44NO2P. The van der Waals surface area contributed by atoms with Crippen LogP contribution in [0.1, 0.15) is 94.5 Å². The Morgan fingerprint density at radius 2 is 0.697 bits per heavy atom. The van der Waals surface area contributed by atoms with E-state index in [0.29, 0.717) is 0 Å². The predicted octanol–water partition coefficient (Wildman–Crippen LogP) is 8.90. The Bertz CT molecular complexity index is 954. The Morgan fingerprint density at radius 1 is 0.485 bits per heavy atom. The van der Waals surface area contributed by atoms with E-state index >= 15 is 0 Å². The standard InChI is InChI=1S/C29H44NO2P/c1-16-18(3)22(7)26(23(8)19(16)4)28(11,12)31-33(30-15)32-29(13,14)27-24(9)20(5)17(2)21(6)25(27)10/h15H2,1-14H3. The summed E-state index contributed by atoms with van der Waals surface area (Å²) < 4.78 is 17.6. The Balaban J connectivity index is 2.49. The van der Waals surface area contributed by atoms with Gasteiger partial charge in [0.25, 0.3) is 0 Å². The van der Waals surface area contributed by atoms with Crippen molar-refractivity contribution in [3.05, 3.63) is 66.8 Å². The SMILES string of the molecule is C=NP(OC(C)(C)c1c(C)c(C)c(C)c(C)c1C)OC(C)(C)c1c(C)c(C)c(C)c(C)c1C. The van der Waals surface area contributed by atoms with Crippen molar-refractivity contribution in [3.63, 3.8) is 0 Å². The van der Waals surface area contributed by atoms with E-state index in [1.807, 2.05) is 0 Å². The minimum absolute atomic E-state index is 0.566. The maximum absolute atomic E-state index is 6.62. The second-order valence-electron chi connectivity index (χ2n) is 10.6. The molecule has 2 rings (SSSR count). The van der Waals surface area contributed by atoms with Crippen LogP contribution in [0.2, 0.25) is 0 Å². The van der Waals surface area contributed by atoms with Crippen LogP contribution in [0, 0.1) is 69.2 Å². The lowest BCUT2D eigenvalue weighted by Gasteiger charge is -2.37. The molecule has 3 nitrogen and oxygen atoms in total. The zero-order valence-electron chi connectivity index (χ0n) is 23.4. The average molecular weight is 470 g/mol. The zero-order valence-corrected chi connectivity index (χ0v) is 24.3. The van der Waals surface area contributed by atoms with Gasteiger partial charge in [-0.15, -0.1) is 0 Å². The molecule has 0 saturated carbocycles. The molecule has 0 aromatic heterocycles. The van der Waals surface area contributed by atoms with Crippen molar-refractivity contribution in [2.45, 2.75) is 108 Å². The van der Waals surface area contributed by atoms with Crippen LogP contribution < -0.4 is 0 Å². The molecule has 0 aliphatic rings. The van der Waals surface area contributed by atoms with Gasteiger partial charge in [0.1, 0.15) is 0 Å². The highest BCUT2D eigenvalue weighted by atomic mass is 31.2. The zero-order chi connectivity index (χ0) is 25.6. The first kappa shape index (κ1) is 27.7. The maximum atomic E-state index is 6.62. The van der Waals surface area contributed by atoms with Gasteiger partial charge >= 0.3 is 8.53 Å². The molecule has 0 unspecified atom stereocenters. The molecule has 0 heterocycles. The summed E-state index contributed by atoms with van der Waals surface area (Å²) in [6.07, 6.45) is 0. The highest BCUT2D eigenvalue weighted by molar-refractivity contribution is 7.45. The molecule has 0 saturated heterocycles. The molecule has 182 valence electrons. The molecule has 0 fully saturated rings. The summed E-state index contributed by atoms with van der Waals surface area (Å²) in [5.41, 5.74) is 14.4. The molecule has 33 heavy (non-hydrogen) atoms. The van der Waals surface area contributed by atoms with Crippen molar-refractivity contribution in [2.75, 3.05) is 0 Å². The third kappa shape index (κ3) is 4.97. The van der Waals surface area contributed by atoms with Gasteiger partial charge in [-0.05, 0) is 170 Å². The highest BCUT2D eigenvalue weighted by Crippen LogP contribution is 2.53. The van der Waals surface area contributed by atoms with Crippen molar-refractivity contribution < 1.29 is 9.05 Å². The first-order chi connectivity index (χ1) is 15.0. The molecule has 0 spiro atoms. The van der Waals surface area contributed by atoms with Gasteiger partial charge in [0.15, 0.2) is 0 Å². The second kappa shape index (κ2) is 9.61. The van der Waals surface area contributed by atoms with E-state index in [1.54, 1.807) is 0 Å². The first-order valence-corrected chi connectivity index (χ1v) is 12.9.